The number of hydrogen-bond acceptors (Lipinski definition) is 3. The van der Waals surface area contributed by atoms with E-state index in [9.17, 15) is 13.9 Å². The van der Waals surface area contributed by atoms with Gasteiger partial charge in [-0.15, -0.1) is 0 Å². The highest BCUT2D eigenvalue weighted by Crippen LogP contribution is 2.29. The monoisotopic (exact) mass is 329 g/mol. The van der Waals surface area contributed by atoms with Gasteiger partial charge in [-0.3, -0.25) is 0 Å². The Morgan fingerprint density at radius 3 is 2.63 bits per heavy atom. The quantitative estimate of drug-likeness (QED) is 0.866. The molecule has 0 saturated heterocycles. The molecule has 19 heavy (non-hydrogen) atoms. The summed E-state index contributed by atoms with van der Waals surface area (Å²) in [5.74, 6) is -2.24. The average molecular weight is 330 g/mol. The molecule has 0 spiro atoms. The van der Waals surface area contributed by atoms with Crippen molar-refractivity contribution in [3.63, 3.8) is 0 Å². The van der Waals surface area contributed by atoms with Crippen molar-refractivity contribution in [2.45, 2.75) is 13.0 Å². The molecular formula is C13H10BrF2NO2. The largest absolute Gasteiger partial charge is 0.436 e. The zero-order valence-corrected chi connectivity index (χ0v) is 11.5. The van der Waals surface area contributed by atoms with Crippen molar-refractivity contribution in [1.29, 1.82) is 0 Å². The van der Waals surface area contributed by atoms with Gasteiger partial charge in [-0.05, 0) is 30.7 Å². The van der Waals surface area contributed by atoms with Gasteiger partial charge in [0.1, 0.15) is 0 Å². The maximum atomic E-state index is 13.5. The van der Waals surface area contributed by atoms with Crippen molar-refractivity contribution in [3.8, 4) is 11.6 Å². The van der Waals surface area contributed by atoms with Crippen LogP contribution in [0.25, 0.3) is 0 Å². The van der Waals surface area contributed by atoms with E-state index in [0.29, 0.717) is 10.0 Å². The molecule has 100 valence electrons. The molecule has 0 aliphatic heterocycles. The Labute approximate surface area is 117 Å². The molecule has 1 heterocycles. The van der Waals surface area contributed by atoms with E-state index in [1.807, 2.05) is 0 Å². The van der Waals surface area contributed by atoms with Gasteiger partial charge < -0.3 is 9.84 Å². The molecule has 0 unspecified atom stereocenters. The minimum atomic E-state index is -1.08. The summed E-state index contributed by atoms with van der Waals surface area (Å²) in [4.78, 5) is 3.91. The van der Waals surface area contributed by atoms with Gasteiger partial charge in [0.05, 0.1) is 6.10 Å². The number of benzene rings is 1. The zero-order chi connectivity index (χ0) is 14.0. The summed E-state index contributed by atoms with van der Waals surface area (Å²) in [6.45, 7) is 1.60. The molecule has 3 nitrogen and oxygen atoms in total. The van der Waals surface area contributed by atoms with E-state index < -0.39 is 17.7 Å². The Balaban J connectivity index is 2.26. The molecule has 2 rings (SSSR count). The topological polar surface area (TPSA) is 42.4 Å². The number of halogens is 3. The lowest BCUT2D eigenvalue weighted by molar-refractivity contribution is 0.198. The number of rotatable bonds is 3. The smallest absolute Gasteiger partial charge is 0.219 e. The van der Waals surface area contributed by atoms with E-state index in [4.69, 9.17) is 4.74 Å². The van der Waals surface area contributed by atoms with Gasteiger partial charge in [0.15, 0.2) is 11.6 Å². The number of aliphatic hydroxyl groups is 1. The first-order valence-electron chi connectivity index (χ1n) is 5.44. The van der Waals surface area contributed by atoms with Crippen LogP contribution in [0.15, 0.2) is 34.9 Å². The fraction of sp³-hybridized carbons (Fsp3) is 0.154. The highest BCUT2D eigenvalue weighted by molar-refractivity contribution is 9.10. The second-order valence-electron chi connectivity index (χ2n) is 3.91. The molecule has 1 aromatic heterocycles. The van der Waals surface area contributed by atoms with E-state index in [2.05, 4.69) is 20.9 Å². The summed E-state index contributed by atoms with van der Waals surface area (Å²) in [5, 5.41) is 9.32. The normalized spacial score (nSPS) is 12.3. The van der Waals surface area contributed by atoms with Gasteiger partial charge >= 0.3 is 0 Å². The molecule has 0 amide bonds. The molecule has 1 N–H and O–H groups in total. The third-order valence-electron chi connectivity index (χ3n) is 2.42. The van der Waals surface area contributed by atoms with Crippen LogP contribution in [0.1, 0.15) is 18.6 Å². The molecule has 1 atom stereocenters. The van der Waals surface area contributed by atoms with Gasteiger partial charge in [0.25, 0.3) is 0 Å². The first-order chi connectivity index (χ1) is 8.97. The highest BCUT2D eigenvalue weighted by atomic mass is 79.9. The summed E-state index contributed by atoms with van der Waals surface area (Å²) < 4.78 is 32.2. The molecule has 0 saturated carbocycles. The van der Waals surface area contributed by atoms with Crippen LogP contribution in [-0.4, -0.2) is 10.1 Å². The Kier molecular flexibility index (Phi) is 4.11. The average Bonchev–Trinajstić information content (AvgIpc) is 2.36. The second kappa shape index (κ2) is 5.63. The fourth-order valence-electron chi connectivity index (χ4n) is 1.42. The number of pyridine rings is 1. The minimum Gasteiger partial charge on any atom is -0.436 e. The Morgan fingerprint density at radius 2 is 2.05 bits per heavy atom. The minimum absolute atomic E-state index is 0.112. The standard InChI is InChI=1S/C13H10BrF2NO2/c1-7(18)8-2-3-12(17-6-8)19-11-5-9(14)4-10(15)13(11)16/h2-7,18H,1H3/t7-/m0/s1. The zero-order valence-electron chi connectivity index (χ0n) is 9.90. The molecule has 0 aliphatic carbocycles. The number of hydrogen-bond donors (Lipinski definition) is 1. The van der Waals surface area contributed by atoms with E-state index in [1.54, 1.807) is 13.0 Å². The number of ether oxygens (including phenoxy) is 1. The second-order valence-corrected chi connectivity index (χ2v) is 4.82. The van der Waals surface area contributed by atoms with Crippen molar-refractivity contribution in [1.82, 2.24) is 4.98 Å². The van der Waals surface area contributed by atoms with Crippen LogP contribution in [0.5, 0.6) is 11.6 Å². The van der Waals surface area contributed by atoms with Crippen LogP contribution in [0.2, 0.25) is 0 Å². The summed E-state index contributed by atoms with van der Waals surface area (Å²) in [6.07, 6.45) is 0.758. The fourth-order valence-corrected chi connectivity index (χ4v) is 1.83. The van der Waals surface area contributed by atoms with Crippen LogP contribution in [-0.2, 0) is 0 Å². The lowest BCUT2D eigenvalue weighted by atomic mass is 10.2. The van der Waals surface area contributed by atoms with Gasteiger partial charge in [-0.25, -0.2) is 9.37 Å². The Bertz CT molecular complexity index is 588. The maximum absolute atomic E-state index is 13.5. The summed E-state index contributed by atoms with van der Waals surface area (Å²) in [5.41, 5.74) is 0.605. The SMILES string of the molecule is C[C@H](O)c1ccc(Oc2cc(Br)cc(F)c2F)nc1. The first-order valence-corrected chi connectivity index (χ1v) is 6.23. The van der Waals surface area contributed by atoms with Crippen LogP contribution >= 0.6 is 15.9 Å². The van der Waals surface area contributed by atoms with Crippen LogP contribution in [0.3, 0.4) is 0 Å². The van der Waals surface area contributed by atoms with Gasteiger partial charge in [0.2, 0.25) is 11.7 Å². The van der Waals surface area contributed by atoms with Crippen molar-refractivity contribution in [3.05, 3.63) is 52.1 Å². The Morgan fingerprint density at radius 1 is 1.32 bits per heavy atom. The van der Waals surface area contributed by atoms with Gasteiger partial charge in [-0.2, -0.15) is 4.39 Å². The van der Waals surface area contributed by atoms with E-state index in [-0.39, 0.29) is 11.6 Å². The predicted molar refractivity (Wildman–Crippen MR) is 69.0 cm³/mol. The van der Waals surface area contributed by atoms with Crippen LogP contribution < -0.4 is 4.74 Å². The molecule has 0 bridgehead atoms. The molecule has 1 aromatic carbocycles. The van der Waals surface area contributed by atoms with Crippen LogP contribution in [0.4, 0.5) is 8.78 Å². The van der Waals surface area contributed by atoms with Crippen molar-refractivity contribution in [2.24, 2.45) is 0 Å². The predicted octanol–water partition coefficient (Wildman–Crippen LogP) is 3.97. The first kappa shape index (κ1) is 13.9. The third kappa shape index (κ3) is 3.27. The summed E-state index contributed by atoms with van der Waals surface area (Å²) in [7, 11) is 0. The Hall–Kier alpha value is -1.53. The van der Waals surface area contributed by atoms with Crippen LogP contribution in [0, 0.1) is 11.6 Å². The van der Waals surface area contributed by atoms with E-state index in [1.165, 1.54) is 18.3 Å². The van der Waals surface area contributed by atoms with Crippen molar-refractivity contribution < 1.29 is 18.6 Å². The van der Waals surface area contributed by atoms with Crippen molar-refractivity contribution >= 4 is 15.9 Å². The molecule has 0 fully saturated rings. The number of nitrogens with zero attached hydrogens (tertiary/aromatic N) is 1. The molecule has 0 aliphatic rings. The maximum Gasteiger partial charge on any atom is 0.219 e. The van der Waals surface area contributed by atoms with Gasteiger partial charge in [-0.1, -0.05) is 15.9 Å². The lowest BCUT2D eigenvalue weighted by Crippen LogP contribution is -1.96. The van der Waals surface area contributed by atoms with E-state index >= 15 is 0 Å². The van der Waals surface area contributed by atoms with E-state index in [0.717, 1.165) is 6.07 Å². The summed E-state index contributed by atoms with van der Waals surface area (Å²) >= 11 is 3.05. The number of aromatic nitrogens is 1. The highest BCUT2D eigenvalue weighted by Gasteiger charge is 2.13. The molecule has 0 radical (unpaired) electrons. The lowest BCUT2D eigenvalue weighted by Gasteiger charge is -2.08. The van der Waals surface area contributed by atoms with Crippen molar-refractivity contribution in [2.75, 3.05) is 0 Å². The van der Waals surface area contributed by atoms with Gasteiger partial charge in [0, 0.05) is 16.7 Å². The number of aliphatic hydroxyl groups excluding tert-OH is 1. The third-order valence-corrected chi connectivity index (χ3v) is 2.87. The molecular weight excluding hydrogens is 320 g/mol. The molecule has 6 heteroatoms. The summed E-state index contributed by atoms with van der Waals surface area (Å²) in [6, 6.07) is 5.38. The molecule has 2 aromatic rings.